The van der Waals surface area contributed by atoms with Gasteiger partial charge in [0.25, 0.3) is 5.91 Å². The molecule has 1 atom stereocenters. The van der Waals surface area contributed by atoms with Crippen LogP contribution in [0.2, 0.25) is 0 Å². The summed E-state index contributed by atoms with van der Waals surface area (Å²) in [6.45, 7) is 0. The second kappa shape index (κ2) is 5.97. The Morgan fingerprint density at radius 2 is 1.88 bits per heavy atom. The first-order valence-electron chi connectivity index (χ1n) is 5.13. The third-order valence-electron chi connectivity index (χ3n) is 2.26. The number of anilines is 1. The SMILES string of the molecule is N[C@@H](CCC(=O)O)C(=O)N(N)c1ccccc1. The van der Waals surface area contributed by atoms with Crippen molar-refractivity contribution in [2.45, 2.75) is 18.9 Å². The molecule has 0 fully saturated rings. The summed E-state index contributed by atoms with van der Waals surface area (Å²) in [7, 11) is 0. The number of nitrogens with two attached hydrogens (primary N) is 2. The number of hydrazine groups is 1. The fourth-order valence-electron chi connectivity index (χ4n) is 1.30. The summed E-state index contributed by atoms with van der Waals surface area (Å²) in [6, 6.07) is 7.71. The van der Waals surface area contributed by atoms with Crippen molar-refractivity contribution in [3.05, 3.63) is 30.3 Å². The Morgan fingerprint density at radius 3 is 2.41 bits per heavy atom. The first kappa shape index (κ1) is 13.1. The van der Waals surface area contributed by atoms with Gasteiger partial charge in [-0.3, -0.25) is 9.59 Å². The summed E-state index contributed by atoms with van der Waals surface area (Å²) in [5.74, 6) is 4.11. The molecule has 0 bridgehead atoms. The van der Waals surface area contributed by atoms with Crippen LogP contribution >= 0.6 is 0 Å². The second-order valence-electron chi connectivity index (χ2n) is 3.58. The number of amides is 1. The summed E-state index contributed by atoms with van der Waals surface area (Å²) in [5.41, 5.74) is 6.09. The van der Waals surface area contributed by atoms with Crippen LogP contribution in [0, 0.1) is 0 Å². The van der Waals surface area contributed by atoms with Crippen LogP contribution in [-0.4, -0.2) is 23.0 Å². The molecule has 0 aromatic heterocycles. The van der Waals surface area contributed by atoms with E-state index in [-0.39, 0.29) is 12.8 Å². The lowest BCUT2D eigenvalue weighted by molar-refractivity contribution is -0.137. The second-order valence-corrected chi connectivity index (χ2v) is 3.58. The largest absolute Gasteiger partial charge is 0.481 e. The van der Waals surface area contributed by atoms with Gasteiger partial charge < -0.3 is 10.8 Å². The normalized spacial score (nSPS) is 11.9. The van der Waals surface area contributed by atoms with Crippen LogP contribution in [0.25, 0.3) is 0 Å². The molecule has 1 rings (SSSR count). The number of hydrogen-bond donors (Lipinski definition) is 3. The van der Waals surface area contributed by atoms with E-state index in [2.05, 4.69) is 0 Å². The molecule has 0 spiro atoms. The van der Waals surface area contributed by atoms with Crippen LogP contribution < -0.4 is 16.6 Å². The Labute approximate surface area is 98.8 Å². The summed E-state index contributed by atoms with van der Waals surface area (Å²) in [5, 5.41) is 9.43. The van der Waals surface area contributed by atoms with Crippen molar-refractivity contribution in [2.75, 3.05) is 5.01 Å². The molecule has 6 nitrogen and oxygen atoms in total. The van der Waals surface area contributed by atoms with E-state index in [4.69, 9.17) is 16.7 Å². The predicted octanol–water partition coefficient (Wildman–Crippen LogP) is 0.0854. The van der Waals surface area contributed by atoms with Crippen molar-refractivity contribution in [2.24, 2.45) is 11.6 Å². The third-order valence-corrected chi connectivity index (χ3v) is 2.26. The highest BCUT2D eigenvalue weighted by atomic mass is 16.4. The minimum atomic E-state index is -0.989. The molecule has 92 valence electrons. The highest BCUT2D eigenvalue weighted by Gasteiger charge is 2.20. The standard InChI is InChI=1S/C11H15N3O3/c12-9(6-7-10(15)16)11(17)14(13)8-4-2-1-3-5-8/h1-5,9H,6-7,12-13H2,(H,15,16)/t9-/m0/s1. The van der Waals surface area contributed by atoms with Crippen LogP contribution in [0.3, 0.4) is 0 Å². The van der Waals surface area contributed by atoms with Crippen molar-refractivity contribution in [3.63, 3.8) is 0 Å². The van der Waals surface area contributed by atoms with Crippen LogP contribution in [-0.2, 0) is 9.59 Å². The van der Waals surface area contributed by atoms with Gasteiger partial charge in [0.2, 0.25) is 0 Å². The number of carboxylic acids is 1. The van der Waals surface area contributed by atoms with Crippen LogP contribution in [0.5, 0.6) is 0 Å². The topological polar surface area (TPSA) is 110 Å². The lowest BCUT2D eigenvalue weighted by Gasteiger charge is -2.20. The zero-order chi connectivity index (χ0) is 12.8. The zero-order valence-electron chi connectivity index (χ0n) is 9.24. The number of benzene rings is 1. The minimum Gasteiger partial charge on any atom is -0.481 e. The quantitative estimate of drug-likeness (QED) is 0.382. The molecule has 1 amide bonds. The molecule has 1 aromatic carbocycles. The molecule has 1 aromatic rings. The Morgan fingerprint density at radius 1 is 1.29 bits per heavy atom. The molecule has 0 saturated carbocycles. The van der Waals surface area contributed by atoms with Crippen LogP contribution in [0.4, 0.5) is 5.69 Å². The molecular weight excluding hydrogens is 222 g/mol. The Kier molecular flexibility index (Phi) is 4.62. The van der Waals surface area contributed by atoms with Crippen molar-refractivity contribution >= 4 is 17.6 Å². The first-order chi connectivity index (χ1) is 8.02. The Balaban J connectivity index is 2.60. The van der Waals surface area contributed by atoms with Gasteiger partial charge >= 0.3 is 5.97 Å². The number of aliphatic carboxylic acids is 1. The van der Waals surface area contributed by atoms with E-state index in [1.54, 1.807) is 30.3 Å². The summed E-state index contributed by atoms with van der Waals surface area (Å²) >= 11 is 0. The van der Waals surface area contributed by atoms with E-state index in [9.17, 15) is 9.59 Å². The van der Waals surface area contributed by atoms with E-state index in [0.717, 1.165) is 5.01 Å². The monoisotopic (exact) mass is 237 g/mol. The fraction of sp³-hybridized carbons (Fsp3) is 0.273. The van der Waals surface area contributed by atoms with E-state index >= 15 is 0 Å². The lowest BCUT2D eigenvalue weighted by Crippen LogP contribution is -2.48. The van der Waals surface area contributed by atoms with Crippen LogP contribution in [0.15, 0.2) is 30.3 Å². The highest BCUT2D eigenvalue weighted by molar-refractivity contribution is 5.96. The van der Waals surface area contributed by atoms with Gasteiger partial charge in [-0.2, -0.15) is 0 Å². The van der Waals surface area contributed by atoms with Gasteiger partial charge in [0.15, 0.2) is 0 Å². The average Bonchev–Trinajstić information content (AvgIpc) is 2.35. The van der Waals surface area contributed by atoms with Gasteiger partial charge in [0, 0.05) is 6.42 Å². The Hall–Kier alpha value is -1.92. The zero-order valence-corrected chi connectivity index (χ0v) is 9.24. The van der Waals surface area contributed by atoms with Gasteiger partial charge in [0.1, 0.15) is 0 Å². The number of nitrogens with zero attached hydrogens (tertiary/aromatic N) is 1. The molecule has 0 radical (unpaired) electrons. The number of carboxylic acid groups (broad SMARTS) is 1. The Bertz CT molecular complexity index is 394. The first-order valence-corrected chi connectivity index (χ1v) is 5.13. The average molecular weight is 237 g/mol. The van der Waals surface area contributed by atoms with E-state index < -0.39 is 17.9 Å². The van der Waals surface area contributed by atoms with Crippen LogP contribution in [0.1, 0.15) is 12.8 Å². The molecule has 0 aliphatic heterocycles. The minimum absolute atomic E-state index is 0.0642. The van der Waals surface area contributed by atoms with E-state index in [0.29, 0.717) is 5.69 Å². The number of carbonyl (C=O) groups excluding carboxylic acids is 1. The van der Waals surface area contributed by atoms with Crippen molar-refractivity contribution < 1.29 is 14.7 Å². The molecule has 0 saturated heterocycles. The van der Waals surface area contributed by atoms with Gasteiger partial charge in [-0.15, -0.1) is 0 Å². The molecule has 17 heavy (non-hydrogen) atoms. The van der Waals surface area contributed by atoms with Crippen molar-refractivity contribution in [3.8, 4) is 0 Å². The van der Waals surface area contributed by atoms with E-state index in [1.165, 1.54) is 0 Å². The van der Waals surface area contributed by atoms with Crippen molar-refractivity contribution in [1.82, 2.24) is 0 Å². The van der Waals surface area contributed by atoms with Gasteiger partial charge in [-0.1, -0.05) is 18.2 Å². The number of carbonyl (C=O) groups is 2. The lowest BCUT2D eigenvalue weighted by atomic mass is 10.1. The molecular formula is C11H15N3O3. The van der Waals surface area contributed by atoms with Crippen molar-refractivity contribution in [1.29, 1.82) is 0 Å². The number of para-hydroxylation sites is 1. The maximum Gasteiger partial charge on any atom is 0.303 e. The molecule has 0 heterocycles. The maximum atomic E-state index is 11.7. The fourth-order valence-corrected chi connectivity index (χ4v) is 1.30. The highest BCUT2D eigenvalue weighted by Crippen LogP contribution is 2.11. The summed E-state index contributed by atoms with van der Waals surface area (Å²) < 4.78 is 0. The molecule has 5 N–H and O–H groups in total. The predicted molar refractivity (Wildman–Crippen MR) is 63.0 cm³/mol. The maximum absolute atomic E-state index is 11.7. The van der Waals surface area contributed by atoms with Gasteiger partial charge in [-0.05, 0) is 18.6 Å². The number of rotatable bonds is 5. The number of hydrogen-bond acceptors (Lipinski definition) is 4. The third kappa shape index (κ3) is 3.86. The summed E-state index contributed by atoms with van der Waals surface area (Å²) in [6.07, 6.45) is -0.0930. The molecule has 0 aliphatic rings. The molecule has 6 heteroatoms. The molecule has 0 aliphatic carbocycles. The smallest absolute Gasteiger partial charge is 0.303 e. The van der Waals surface area contributed by atoms with Gasteiger partial charge in [0.05, 0.1) is 11.7 Å². The molecule has 0 unspecified atom stereocenters. The van der Waals surface area contributed by atoms with E-state index in [1.807, 2.05) is 0 Å². The summed E-state index contributed by atoms with van der Waals surface area (Å²) in [4.78, 5) is 22.1. The van der Waals surface area contributed by atoms with Gasteiger partial charge in [-0.25, -0.2) is 10.9 Å².